The molecule has 5 rings (SSSR count). The highest BCUT2D eigenvalue weighted by molar-refractivity contribution is 6.35. The molecule has 0 unspecified atom stereocenters. The smallest absolute Gasteiger partial charge is 0.258 e. The van der Waals surface area contributed by atoms with E-state index in [-0.39, 0.29) is 11.8 Å². The molecular formula is C21H19ClN4O4. The van der Waals surface area contributed by atoms with Crippen LogP contribution in [-0.4, -0.2) is 52.8 Å². The molecule has 0 atom stereocenters. The largest absolute Gasteiger partial charge is 0.497 e. The molecule has 2 amide bonds. The van der Waals surface area contributed by atoms with Gasteiger partial charge in [-0.05, 0) is 30.3 Å². The van der Waals surface area contributed by atoms with Gasteiger partial charge >= 0.3 is 0 Å². The second kappa shape index (κ2) is 6.91. The molecule has 2 aromatic carbocycles. The first-order chi connectivity index (χ1) is 14.5. The summed E-state index contributed by atoms with van der Waals surface area (Å²) in [7, 11) is 1.55. The highest BCUT2D eigenvalue weighted by Crippen LogP contribution is 2.35. The van der Waals surface area contributed by atoms with E-state index in [9.17, 15) is 9.59 Å². The van der Waals surface area contributed by atoms with Gasteiger partial charge in [0.05, 0.1) is 29.4 Å². The average molecular weight is 427 g/mol. The molecule has 0 aliphatic carbocycles. The third kappa shape index (κ3) is 3.04. The van der Waals surface area contributed by atoms with Gasteiger partial charge in [-0.25, -0.2) is 0 Å². The number of aromatic amines is 1. The summed E-state index contributed by atoms with van der Waals surface area (Å²) in [6, 6.07) is 8.59. The van der Waals surface area contributed by atoms with Gasteiger partial charge in [0.15, 0.2) is 5.72 Å². The van der Waals surface area contributed by atoms with Gasteiger partial charge in [-0.2, -0.15) is 5.10 Å². The number of nitrogens with zero attached hydrogens (tertiary/aromatic N) is 2. The van der Waals surface area contributed by atoms with E-state index < -0.39 is 5.72 Å². The average Bonchev–Trinajstić information content (AvgIpc) is 3.23. The molecule has 2 aliphatic heterocycles. The fourth-order valence-corrected chi connectivity index (χ4v) is 4.30. The summed E-state index contributed by atoms with van der Waals surface area (Å²) in [4.78, 5) is 27.4. The van der Waals surface area contributed by atoms with Crippen LogP contribution in [0.3, 0.4) is 0 Å². The quantitative estimate of drug-likeness (QED) is 0.656. The van der Waals surface area contributed by atoms with Gasteiger partial charge in [-0.3, -0.25) is 14.7 Å². The predicted octanol–water partition coefficient (Wildman–Crippen LogP) is 2.98. The Morgan fingerprint density at radius 3 is 2.83 bits per heavy atom. The molecule has 1 spiro atoms. The van der Waals surface area contributed by atoms with Crippen LogP contribution in [0.25, 0.3) is 10.9 Å². The lowest BCUT2D eigenvalue weighted by atomic mass is 9.96. The molecule has 2 N–H and O–H groups in total. The number of carbonyl (C=O) groups is 2. The standard InChI is InChI=1S/C21H19ClN4O4/c1-29-14-2-3-17-15(10-14)19(27)24-21(30-17)4-6-26(7-5-21)20(28)12-8-13-11-23-25-18(13)16(22)9-12/h2-3,8-11H,4-7H2,1H3,(H,23,25)(H,24,27). The maximum atomic E-state index is 13.0. The Hall–Kier alpha value is -3.26. The molecule has 2 aliphatic rings. The zero-order valence-corrected chi connectivity index (χ0v) is 17.0. The highest BCUT2D eigenvalue weighted by atomic mass is 35.5. The maximum absolute atomic E-state index is 13.0. The summed E-state index contributed by atoms with van der Waals surface area (Å²) in [6.45, 7) is 0.900. The Labute approximate surface area is 177 Å². The molecule has 0 saturated carbocycles. The zero-order valence-electron chi connectivity index (χ0n) is 16.2. The Balaban J connectivity index is 1.33. The molecule has 9 heteroatoms. The van der Waals surface area contributed by atoms with Crippen LogP contribution in [0.2, 0.25) is 5.02 Å². The lowest BCUT2D eigenvalue weighted by Crippen LogP contribution is -2.61. The number of ether oxygens (including phenoxy) is 2. The number of halogens is 1. The van der Waals surface area contributed by atoms with Crippen molar-refractivity contribution in [2.75, 3.05) is 20.2 Å². The van der Waals surface area contributed by atoms with Gasteiger partial charge in [0.25, 0.3) is 11.8 Å². The van der Waals surface area contributed by atoms with Crippen LogP contribution in [-0.2, 0) is 0 Å². The van der Waals surface area contributed by atoms with E-state index in [1.54, 1.807) is 48.5 Å². The van der Waals surface area contributed by atoms with Crippen molar-refractivity contribution in [3.63, 3.8) is 0 Å². The van der Waals surface area contributed by atoms with Gasteiger partial charge in [-0.15, -0.1) is 0 Å². The van der Waals surface area contributed by atoms with Crippen LogP contribution in [0, 0.1) is 0 Å². The van der Waals surface area contributed by atoms with Crippen LogP contribution >= 0.6 is 11.6 Å². The van der Waals surface area contributed by atoms with Gasteiger partial charge < -0.3 is 19.7 Å². The minimum Gasteiger partial charge on any atom is -0.497 e. The Bertz CT molecular complexity index is 1170. The lowest BCUT2D eigenvalue weighted by Gasteiger charge is -2.44. The predicted molar refractivity (Wildman–Crippen MR) is 110 cm³/mol. The number of carbonyl (C=O) groups excluding carboxylic acids is 2. The molecule has 3 aromatic rings. The maximum Gasteiger partial charge on any atom is 0.258 e. The molecule has 3 heterocycles. The third-order valence-electron chi connectivity index (χ3n) is 5.68. The van der Waals surface area contributed by atoms with E-state index in [2.05, 4.69) is 15.5 Å². The normalized spacial score (nSPS) is 17.4. The SMILES string of the molecule is COc1ccc2c(c1)C(=O)NC1(CCN(C(=O)c3cc(Cl)c4[nH]ncc4c3)CC1)O2. The molecule has 0 radical (unpaired) electrons. The van der Waals surface area contributed by atoms with E-state index >= 15 is 0 Å². The van der Waals surface area contributed by atoms with Crippen molar-refractivity contribution in [3.8, 4) is 11.5 Å². The first-order valence-electron chi connectivity index (χ1n) is 9.59. The fourth-order valence-electron chi connectivity index (χ4n) is 4.03. The van der Waals surface area contributed by atoms with Crippen LogP contribution in [0.4, 0.5) is 0 Å². The zero-order chi connectivity index (χ0) is 20.9. The van der Waals surface area contributed by atoms with Crippen molar-refractivity contribution in [1.82, 2.24) is 20.4 Å². The van der Waals surface area contributed by atoms with E-state index in [1.165, 1.54) is 0 Å². The number of rotatable bonds is 2. The second-order valence-corrected chi connectivity index (χ2v) is 7.90. The molecule has 154 valence electrons. The van der Waals surface area contributed by atoms with Crippen molar-refractivity contribution < 1.29 is 19.1 Å². The minimum absolute atomic E-state index is 0.109. The van der Waals surface area contributed by atoms with Crippen LogP contribution in [0.1, 0.15) is 33.6 Å². The number of nitrogens with one attached hydrogen (secondary N) is 2. The second-order valence-electron chi connectivity index (χ2n) is 7.50. The van der Waals surface area contributed by atoms with Gasteiger partial charge in [0.2, 0.25) is 0 Å². The van der Waals surface area contributed by atoms with Crippen molar-refractivity contribution in [1.29, 1.82) is 0 Å². The fraction of sp³-hybridized carbons (Fsp3) is 0.286. The first kappa shape index (κ1) is 18.7. The first-order valence-corrected chi connectivity index (χ1v) is 9.97. The van der Waals surface area contributed by atoms with E-state index in [0.717, 1.165) is 5.39 Å². The van der Waals surface area contributed by atoms with E-state index in [4.69, 9.17) is 21.1 Å². The van der Waals surface area contributed by atoms with Crippen molar-refractivity contribution in [3.05, 3.63) is 52.7 Å². The van der Waals surface area contributed by atoms with E-state index in [1.807, 2.05) is 0 Å². The van der Waals surface area contributed by atoms with Crippen LogP contribution in [0.5, 0.6) is 11.5 Å². The lowest BCUT2D eigenvalue weighted by molar-refractivity contribution is -0.0246. The van der Waals surface area contributed by atoms with Crippen molar-refractivity contribution in [2.45, 2.75) is 18.6 Å². The summed E-state index contributed by atoms with van der Waals surface area (Å²) in [6.07, 6.45) is 2.61. The monoisotopic (exact) mass is 426 g/mol. The number of hydrogen-bond acceptors (Lipinski definition) is 5. The molecule has 0 bridgehead atoms. The Morgan fingerprint density at radius 1 is 1.27 bits per heavy atom. The molecule has 1 aromatic heterocycles. The van der Waals surface area contributed by atoms with Gasteiger partial charge in [-0.1, -0.05) is 11.6 Å². The number of amides is 2. The van der Waals surface area contributed by atoms with Gasteiger partial charge in [0, 0.05) is 36.9 Å². The van der Waals surface area contributed by atoms with Crippen LogP contribution in [0.15, 0.2) is 36.5 Å². The summed E-state index contributed by atoms with van der Waals surface area (Å²) in [5.74, 6) is 0.808. The topological polar surface area (TPSA) is 96.6 Å². The third-order valence-corrected chi connectivity index (χ3v) is 5.98. The number of fused-ring (bicyclic) bond motifs is 2. The number of benzene rings is 2. The number of hydrogen-bond donors (Lipinski definition) is 2. The molecule has 30 heavy (non-hydrogen) atoms. The van der Waals surface area contributed by atoms with Crippen molar-refractivity contribution in [2.24, 2.45) is 0 Å². The van der Waals surface area contributed by atoms with Crippen molar-refractivity contribution >= 4 is 34.3 Å². The number of piperidine rings is 1. The summed E-state index contributed by atoms with van der Waals surface area (Å²) in [5, 5.41) is 11.0. The number of H-pyrrole nitrogens is 1. The molecule has 8 nitrogen and oxygen atoms in total. The highest BCUT2D eigenvalue weighted by Gasteiger charge is 2.43. The number of aromatic nitrogens is 2. The van der Waals surface area contributed by atoms with E-state index in [0.29, 0.717) is 59.1 Å². The summed E-state index contributed by atoms with van der Waals surface area (Å²) in [5.41, 5.74) is 0.846. The Morgan fingerprint density at radius 2 is 2.07 bits per heavy atom. The Kier molecular flexibility index (Phi) is 4.32. The number of likely N-dealkylation sites (tertiary alicyclic amines) is 1. The molecule has 1 saturated heterocycles. The van der Waals surface area contributed by atoms with Gasteiger partial charge in [0.1, 0.15) is 11.5 Å². The number of methoxy groups -OCH3 is 1. The molecule has 1 fully saturated rings. The minimum atomic E-state index is -0.818. The summed E-state index contributed by atoms with van der Waals surface area (Å²) >= 11 is 6.27. The molecular weight excluding hydrogens is 408 g/mol. The summed E-state index contributed by atoms with van der Waals surface area (Å²) < 4.78 is 11.4. The van der Waals surface area contributed by atoms with Crippen LogP contribution < -0.4 is 14.8 Å².